The third-order valence-electron chi connectivity index (χ3n) is 9.83. The van der Waals surface area contributed by atoms with Gasteiger partial charge in [-0.15, -0.1) is 0 Å². The van der Waals surface area contributed by atoms with Gasteiger partial charge in [0.2, 0.25) is 5.91 Å². The van der Waals surface area contributed by atoms with E-state index in [0.717, 1.165) is 57.8 Å². The van der Waals surface area contributed by atoms with Crippen molar-refractivity contribution in [3.8, 4) is 0 Å². The highest BCUT2D eigenvalue weighted by molar-refractivity contribution is 7.80. The average molecular weight is 794 g/mol. The number of nitrogens with one attached hydrogen (secondary N) is 1. The fourth-order valence-corrected chi connectivity index (χ4v) is 6.95. The van der Waals surface area contributed by atoms with Gasteiger partial charge in [-0.2, -0.15) is 8.42 Å². The summed E-state index contributed by atoms with van der Waals surface area (Å²) in [6.07, 6.45) is 21.4. The van der Waals surface area contributed by atoms with Crippen LogP contribution < -0.4 is 5.32 Å². The molecule has 1 aliphatic heterocycles. The lowest BCUT2D eigenvalue weighted by molar-refractivity contribution is -0.298. The quantitative estimate of drug-likeness (QED) is 0.0229. The smallest absolute Gasteiger partial charge is 0.394 e. The highest BCUT2D eigenvalue weighted by atomic mass is 32.3. The molecule has 1 rings (SSSR count). The number of aliphatic hydroxyl groups is 5. The van der Waals surface area contributed by atoms with Crippen molar-refractivity contribution in [1.29, 1.82) is 0 Å². The van der Waals surface area contributed by atoms with Crippen LogP contribution in [0.4, 0.5) is 0 Å². The Hall–Kier alpha value is -1.46. The van der Waals surface area contributed by atoms with E-state index in [2.05, 4.69) is 35.5 Å². The minimum absolute atomic E-state index is 0.221. The maximum absolute atomic E-state index is 13.0. The van der Waals surface area contributed by atoms with Gasteiger partial charge >= 0.3 is 10.4 Å². The van der Waals surface area contributed by atoms with Gasteiger partial charge in [-0.25, -0.2) is 4.18 Å². The summed E-state index contributed by atoms with van der Waals surface area (Å²) < 4.78 is 47.3. The topological polar surface area (TPSA) is 212 Å². The monoisotopic (exact) mass is 794 g/mol. The lowest BCUT2D eigenvalue weighted by Gasteiger charge is -2.41. The lowest BCUT2D eigenvalue weighted by atomic mass is 9.99. The van der Waals surface area contributed by atoms with Crippen molar-refractivity contribution >= 4 is 16.3 Å². The van der Waals surface area contributed by atoms with Gasteiger partial charge in [0.15, 0.2) is 6.29 Å². The molecule has 0 aromatic rings. The van der Waals surface area contributed by atoms with E-state index >= 15 is 0 Å². The second kappa shape index (κ2) is 31.6. The molecule has 54 heavy (non-hydrogen) atoms. The fourth-order valence-electron chi connectivity index (χ4n) is 6.44. The molecule has 14 heteroatoms. The van der Waals surface area contributed by atoms with Crippen molar-refractivity contribution in [1.82, 2.24) is 5.32 Å². The largest absolute Gasteiger partial charge is 0.397 e. The number of carbonyl (C=O) groups is 1. The predicted molar refractivity (Wildman–Crippen MR) is 210 cm³/mol. The van der Waals surface area contributed by atoms with Crippen molar-refractivity contribution in [3.63, 3.8) is 0 Å². The first-order valence-corrected chi connectivity index (χ1v) is 22.2. The Balaban J connectivity index is 2.66. The van der Waals surface area contributed by atoms with Crippen LogP contribution in [0.15, 0.2) is 24.3 Å². The van der Waals surface area contributed by atoms with Crippen LogP contribution in [0.1, 0.15) is 162 Å². The maximum atomic E-state index is 13.0. The van der Waals surface area contributed by atoms with Crippen LogP contribution in [-0.4, -0.2) is 107 Å². The number of rotatable bonds is 34. The van der Waals surface area contributed by atoms with Gasteiger partial charge in [0.25, 0.3) is 0 Å². The van der Waals surface area contributed by atoms with Crippen LogP contribution in [0, 0.1) is 0 Å². The van der Waals surface area contributed by atoms with E-state index in [1.54, 1.807) is 0 Å². The maximum Gasteiger partial charge on any atom is 0.397 e. The molecule has 1 amide bonds. The molecule has 8 unspecified atom stereocenters. The highest BCUT2D eigenvalue weighted by Crippen LogP contribution is 2.26. The zero-order valence-electron chi connectivity index (χ0n) is 33.1. The first-order valence-electron chi connectivity index (χ1n) is 20.8. The van der Waals surface area contributed by atoms with E-state index < -0.39 is 78.5 Å². The second-order valence-electron chi connectivity index (χ2n) is 14.7. The Kier molecular flexibility index (Phi) is 29.6. The third kappa shape index (κ3) is 24.2. The molecule has 0 spiro atoms. The summed E-state index contributed by atoms with van der Waals surface area (Å²) >= 11 is 0. The van der Waals surface area contributed by atoms with Gasteiger partial charge in [0.05, 0.1) is 25.4 Å². The third-order valence-corrected chi connectivity index (χ3v) is 10.3. The Labute approximate surface area is 325 Å². The Morgan fingerprint density at radius 2 is 1.24 bits per heavy atom. The summed E-state index contributed by atoms with van der Waals surface area (Å²) in [5.41, 5.74) is 0. The number of hydrogen-bond donors (Lipinski definition) is 7. The van der Waals surface area contributed by atoms with Gasteiger partial charge in [-0.05, 0) is 38.5 Å². The van der Waals surface area contributed by atoms with Gasteiger partial charge in [0, 0.05) is 0 Å². The lowest BCUT2D eigenvalue weighted by Crippen LogP contribution is -2.61. The molecule has 8 atom stereocenters. The number of aliphatic hydroxyl groups excluding tert-OH is 5. The molecule has 1 fully saturated rings. The standard InChI is InChI=1S/C40H75NO12S/c1-3-5-7-9-11-13-14-15-16-17-18-19-21-22-24-26-28-33(43)32(41-39(47)34(44)29-27-25-23-20-12-10-8-6-4-2)31-51-40-37(46)38(53-54(48,49)50)36(45)35(30-42)52-40/h10,12,26,28,32-38,40,42-46H,3-9,11,13-25,27,29-31H2,1-2H3,(H,41,47)(H,48,49,50)/b12-10-,28-26+. The number of amides is 1. The van der Waals surface area contributed by atoms with Crippen molar-refractivity contribution < 1.29 is 57.0 Å². The van der Waals surface area contributed by atoms with Crippen LogP contribution in [0.25, 0.3) is 0 Å². The van der Waals surface area contributed by atoms with Crippen molar-refractivity contribution in [2.45, 2.75) is 210 Å². The number of hydrogen-bond acceptors (Lipinski definition) is 11. The highest BCUT2D eigenvalue weighted by Gasteiger charge is 2.48. The molecular formula is C40H75NO12S. The molecule has 1 heterocycles. The fraction of sp³-hybridized carbons (Fsp3) is 0.875. The van der Waals surface area contributed by atoms with E-state index in [1.165, 1.54) is 76.7 Å². The normalized spacial score (nSPS) is 22.6. The van der Waals surface area contributed by atoms with Crippen LogP contribution in [0.2, 0.25) is 0 Å². The van der Waals surface area contributed by atoms with Gasteiger partial charge in [-0.3, -0.25) is 9.35 Å². The molecule has 0 saturated carbocycles. The minimum Gasteiger partial charge on any atom is -0.394 e. The van der Waals surface area contributed by atoms with E-state index in [9.17, 15) is 38.7 Å². The number of unbranched alkanes of at least 4 members (excludes halogenated alkanes) is 19. The number of allylic oxidation sites excluding steroid dienone is 3. The molecule has 1 saturated heterocycles. The molecule has 0 aromatic carbocycles. The molecule has 0 aliphatic carbocycles. The predicted octanol–water partition coefficient (Wildman–Crippen LogP) is 5.96. The molecule has 0 radical (unpaired) electrons. The summed E-state index contributed by atoms with van der Waals surface area (Å²) in [4.78, 5) is 13.0. The van der Waals surface area contributed by atoms with Crippen LogP contribution in [-0.2, 0) is 28.9 Å². The average Bonchev–Trinajstić information content (AvgIpc) is 3.14. The molecule has 0 aromatic heterocycles. The summed E-state index contributed by atoms with van der Waals surface area (Å²) in [5.74, 6) is -0.719. The molecule has 0 bridgehead atoms. The summed E-state index contributed by atoms with van der Waals surface area (Å²) in [5, 5.41) is 54.9. The van der Waals surface area contributed by atoms with Gasteiger partial charge in [0.1, 0.15) is 30.5 Å². The van der Waals surface area contributed by atoms with E-state index in [0.29, 0.717) is 12.8 Å². The van der Waals surface area contributed by atoms with Gasteiger partial charge in [-0.1, -0.05) is 147 Å². The van der Waals surface area contributed by atoms with Crippen molar-refractivity contribution in [3.05, 3.63) is 24.3 Å². The molecule has 13 nitrogen and oxygen atoms in total. The molecule has 318 valence electrons. The van der Waals surface area contributed by atoms with Crippen LogP contribution in [0.5, 0.6) is 0 Å². The Morgan fingerprint density at radius 1 is 0.741 bits per heavy atom. The second-order valence-corrected chi connectivity index (χ2v) is 15.8. The zero-order chi connectivity index (χ0) is 40.0. The SMILES string of the molecule is CCCC/C=C\CCCCCC(O)C(=O)NC(COC1OC(CO)C(O)C(OS(=O)(=O)O)C1O)C(O)/C=C/CCCCCCCCCCCCCCCC. The van der Waals surface area contributed by atoms with Crippen molar-refractivity contribution in [2.24, 2.45) is 0 Å². The van der Waals surface area contributed by atoms with Crippen molar-refractivity contribution in [2.75, 3.05) is 13.2 Å². The van der Waals surface area contributed by atoms with Gasteiger partial charge < -0.3 is 40.3 Å². The number of ether oxygens (including phenoxy) is 2. The number of carbonyl (C=O) groups excluding carboxylic acids is 1. The first-order chi connectivity index (χ1) is 25.9. The molecule has 1 aliphatic rings. The summed E-state index contributed by atoms with van der Waals surface area (Å²) in [7, 11) is -5.11. The van der Waals surface area contributed by atoms with E-state index in [4.69, 9.17) is 14.0 Å². The van der Waals surface area contributed by atoms with Crippen LogP contribution in [0.3, 0.4) is 0 Å². The van der Waals surface area contributed by atoms with E-state index in [1.807, 2.05) is 6.08 Å². The Bertz CT molecular complexity index is 1090. The van der Waals surface area contributed by atoms with E-state index in [-0.39, 0.29) is 6.42 Å². The summed E-state index contributed by atoms with van der Waals surface area (Å²) in [6, 6.07) is -1.12. The minimum atomic E-state index is -5.11. The Morgan fingerprint density at radius 3 is 1.78 bits per heavy atom. The zero-order valence-corrected chi connectivity index (χ0v) is 34.0. The van der Waals surface area contributed by atoms with Crippen LogP contribution >= 0.6 is 0 Å². The molecule has 7 N–H and O–H groups in total. The molecular weight excluding hydrogens is 719 g/mol. The summed E-state index contributed by atoms with van der Waals surface area (Å²) in [6.45, 7) is 3.12. The first kappa shape index (κ1) is 50.6.